The molecular weight excluding hydrogens is 346 g/mol. The van der Waals surface area contributed by atoms with Crippen molar-refractivity contribution in [3.8, 4) is 0 Å². The van der Waals surface area contributed by atoms with E-state index >= 15 is 0 Å². The van der Waals surface area contributed by atoms with Crippen LogP contribution >= 0.6 is 46.5 Å². The summed E-state index contributed by atoms with van der Waals surface area (Å²) in [6.07, 6.45) is 0. The zero-order valence-electron chi connectivity index (χ0n) is 11.6. The van der Waals surface area contributed by atoms with Crippen molar-refractivity contribution in [3.63, 3.8) is 0 Å². The van der Waals surface area contributed by atoms with Gasteiger partial charge in [-0.3, -0.25) is 4.79 Å². The molecule has 0 aliphatic carbocycles. The number of carbonyl (C=O) groups is 1. The number of halogens is 1. The van der Waals surface area contributed by atoms with Crippen LogP contribution < -0.4 is 5.32 Å². The van der Waals surface area contributed by atoms with Gasteiger partial charge in [-0.2, -0.15) is 0 Å². The number of hydrogen-bond acceptors (Lipinski definition) is 6. The van der Waals surface area contributed by atoms with Crippen LogP contribution in [0.2, 0.25) is 5.02 Å². The van der Waals surface area contributed by atoms with Crippen molar-refractivity contribution in [2.75, 3.05) is 16.8 Å². The molecular formula is C13H14ClN3OS3. The first-order chi connectivity index (χ1) is 10.1. The molecule has 8 heteroatoms. The predicted molar refractivity (Wildman–Crippen MR) is 91.8 cm³/mol. The Morgan fingerprint density at radius 2 is 2.05 bits per heavy atom. The van der Waals surface area contributed by atoms with Gasteiger partial charge >= 0.3 is 0 Å². The fourth-order valence-electron chi connectivity index (χ4n) is 1.43. The van der Waals surface area contributed by atoms with Crippen molar-refractivity contribution >= 4 is 58.1 Å². The Morgan fingerprint density at radius 1 is 1.33 bits per heavy atom. The molecule has 1 heterocycles. The number of amides is 1. The lowest BCUT2D eigenvalue weighted by molar-refractivity contribution is -0.113. The topological polar surface area (TPSA) is 54.9 Å². The average Bonchev–Trinajstić information content (AvgIpc) is 2.89. The number of hydrogen-bond donors (Lipinski definition) is 1. The molecule has 4 nitrogen and oxygen atoms in total. The van der Waals surface area contributed by atoms with E-state index in [9.17, 15) is 4.79 Å². The highest BCUT2D eigenvalue weighted by Crippen LogP contribution is 2.28. The van der Waals surface area contributed by atoms with Gasteiger partial charge in [0.1, 0.15) is 0 Å². The van der Waals surface area contributed by atoms with Gasteiger partial charge in [-0.05, 0) is 30.4 Å². The van der Waals surface area contributed by atoms with E-state index in [1.807, 2.05) is 19.1 Å². The molecule has 0 saturated carbocycles. The molecule has 0 aliphatic heterocycles. The van der Waals surface area contributed by atoms with Gasteiger partial charge in [-0.15, -0.1) is 10.2 Å². The molecule has 1 aromatic carbocycles. The second-order valence-corrected chi connectivity index (χ2v) is 8.19. The van der Waals surface area contributed by atoms with Crippen LogP contribution in [-0.4, -0.2) is 27.6 Å². The van der Waals surface area contributed by atoms with Crippen LogP contribution in [0.4, 0.5) is 5.69 Å². The minimum atomic E-state index is -0.0835. The number of nitrogens with zero attached hydrogens (tertiary/aromatic N) is 2. The van der Waals surface area contributed by atoms with Crippen LogP contribution in [0.5, 0.6) is 0 Å². The molecule has 0 saturated heterocycles. The first-order valence-electron chi connectivity index (χ1n) is 6.23. The van der Waals surface area contributed by atoms with E-state index in [0.717, 1.165) is 20.0 Å². The summed E-state index contributed by atoms with van der Waals surface area (Å²) in [5.74, 6) is 1.19. The highest BCUT2D eigenvalue weighted by atomic mass is 35.5. The zero-order chi connectivity index (χ0) is 15.2. The second kappa shape index (κ2) is 8.03. The molecule has 2 aromatic rings. The van der Waals surface area contributed by atoms with Gasteiger partial charge in [0.2, 0.25) is 5.91 Å². The largest absolute Gasteiger partial charge is 0.325 e. The Bertz CT molecular complexity index is 633. The predicted octanol–water partition coefficient (Wildman–Crippen LogP) is 4.34. The number of thioether (sulfide) groups is 2. The minimum Gasteiger partial charge on any atom is -0.325 e. The normalized spacial score (nSPS) is 10.6. The summed E-state index contributed by atoms with van der Waals surface area (Å²) in [6.45, 7) is 3.99. The molecule has 0 fully saturated rings. The molecule has 112 valence electrons. The maximum absolute atomic E-state index is 11.9. The summed E-state index contributed by atoms with van der Waals surface area (Å²) < 4.78 is 1.74. The van der Waals surface area contributed by atoms with Gasteiger partial charge in [-0.1, -0.05) is 59.5 Å². The van der Waals surface area contributed by atoms with Crippen LogP contribution in [0.3, 0.4) is 0 Å². The third-order valence-electron chi connectivity index (χ3n) is 2.44. The Hall–Kier alpha value is -0.760. The van der Waals surface area contributed by atoms with E-state index in [1.165, 1.54) is 23.1 Å². The van der Waals surface area contributed by atoms with E-state index in [2.05, 4.69) is 22.4 Å². The third kappa shape index (κ3) is 5.18. The van der Waals surface area contributed by atoms with Gasteiger partial charge in [0.25, 0.3) is 0 Å². The monoisotopic (exact) mass is 359 g/mol. The van der Waals surface area contributed by atoms with Crippen molar-refractivity contribution in [2.45, 2.75) is 22.5 Å². The van der Waals surface area contributed by atoms with Gasteiger partial charge < -0.3 is 5.32 Å². The molecule has 1 amide bonds. The number of nitrogens with one attached hydrogen (secondary N) is 1. The number of anilines is 1. The second-order valence-electron chi connectivity index (χ2n) is 4.07. The highest BCUT2D eigenvalue weighted by molar-refractivity contribution is 8.03. The van der Waals surface area contributed by atoms with Gasteiger partial charge in [0, 0.05) is 10.7 Å². The van der Waals surface area contributed by atoms with Crippen LogP contribution in [0.1, 0.15) is 12.5 Å². The molecule has 2 rings (SSSR count). The standard InChI is InChI=1S/C13H14ClN3OS3/c1-3-19-12-16-17-13(21-12)20-7-11(18)15-9-5-4-8(2)10(14)6-9/h4-6H,3,7H2,1-2H3,(H,15,18). The zero-order valence-corrected chi connectivity index (χ0v) is 14.8. The number of aromatic nitrogens is 2. The summed E-state index contributed by atoms with van der Waals surface area (Å²) in [7, 11) is 0. The molecule has 1 N–H and O–H groups in total. The molecule has 0 bridgehead atoms. The van der Waals surface area contributed by atoms with Crippen LogP contribution in [0.25, 0.3) is 0 Å². The molecule has 0 aliphatic rings. The summed E-state index contributed by atoms with van der Waals surface area (Å²) >= 11 is 10.6. The number of aryl methyl sites for hydroxylation is 1. The maximum Gasteiger partial charge on any atom is 0.234 e. The van der Waals surface area contributed by atoms with Crippen molar-refractivity contribution in [3.05, 3.63) is 28.8 Å². The Kier molecular flexibility index (Phi) is 6.35. The SMILES string of the molecule is CCSc1nnc(SCC(=O)Nc2ccc(C)c(Cl)c2)s1. The number of rotatable bonds is 6. The third-order valence-corrected chi connectivity index (χ3v) is 5.92. The Balaban J connectivity index is 1.85. The molecule has 0 unspecified atom stereocenters. The van der Waals surface area contributed by atoms with E-state index in [-0.39, 0.29) is 5.91 Å². The summed E-state index contributed by atoms with van der Waals surface area (Å²) in [4.78, 5) is 11.9. The number of benzene rings is 1. The highest BCUT2D eigenvalue weighted by Gasteiger charge is 2.09. The van der Waals surface area contributed by atoms with E-state index in [4.69, 9.17) is 11.6 Å². The number of carbonyl (C=O) groups excluding carboxylic acids is 1. The fourth-order valence-corrected chi connectivity index (χ4v) is 4.33. The van der Waals surface area contributed by atoms with Crippen molar-refractivity contribution in [1.82, 2.24) is 10.2 Å². The molecule has 0 radical (unpaired) electrons. The van der Waals surface area contributed by atoms with E-state index in [0.29, 0.717) is 16.5 Å². The molecule has 21 heavy (non-hydrogen) atoms. The van der Waals surface area contributed by atoms with Crippen LogP contribution in [-0.2, 0) is 4.79 Å². The van der Waals surface area contributed by atoms with Crippen molar-refractivity contribution < 1.29 is 4.79 Å². The lowest BCUT2D eigenvalue weighted by atomic mass is 10.2. The summed E-state index contributed by atoms with van der Waals surface area (Å²) in [5, 5.41) is 11.6. The molecule has 1 aromatic heterocycles. The molecule has 0 spiro atoms. The first kappa shape index (κ1) is 16.6. The van der Waals surface area contributed by atoms with Gasteiger partial charge in [-0.25, -0.2) is 0 Å². The summed E-state index contributed by atoms with van der Waals surface area (Å²) in [5.41, 5.74) is 1.69. The fraction of sp³-hybridized carbons (Fsp3) is 0.308. The molecule has 0 atom stereocenters. The Labute approximate surface area is 141 Å². The lowest BCUT2D eigenvalue weighted by Crippen LogP contribution is -2.13. The maximum atomic E-state index is 11.9. The Morgan fingerprint density at radius 3 is 2.71 bits per heavy atom. The van der Waals surface area contributed by atoms with Crippen molar-refractivity contribution in [2.24, 2.45) is 0 Å². The smallest absolute Gasteiger partial charge is 0.234 e. The quantitative estimate of drug-likeness (QED) is 0.777. The van der Waals surface area contributed by atoms with Crippen molar-refractivity contribution in [1.29, 1.82) is 0 Å². The van der Waals surface area contributed by atoms with Crippen LogP contribution in [0.15, 0.2) is 26.9 Å². The van der Waals surface area contributed by atoms with Gasteiger partial charge in [0.15, 0.2) is 8.68 Å². The lowest BCUT2D eigenvalue weighted by Gasteiger charge is -2.05. The minimum absolute atomic E-state index is 0.0835. The summed E-state index contributed by atoms with van der Waals surface area (Å²) in [6, 6.07) is 5.47. The average molecular weight is 360 g/mol. The first-order valence-corrected chi connectivity index (χ1v) is 9.40. The van der Waals surface area contributed by atoms with E-state index < -0.39 is 0 Å². The van der Waals surface area contributed by atoms with Gasteiger partial charge in [0.05, 0.1) is 5.75 Å². The van der Waals surface area contributed by atoms with Crippen LogP contribution in [0, 0.1) is 6.92 Å². The van der Waals surface area contributed by atoms with E-state index in [1.54, 1.807) is 17.8 Å².